The van der Waals surface area contributed by atoms with Crippen LogP contribution in [0.3, 0.4) is 0 Å². The number of nitrogens with zero attached hydrogens (tertiary/aromatic N) is 3. The molecule has 8 nitrogen and oxygen atoms in total. The van der Waals surface area contributed by atoms with Crippen LogP contribution in [0.1, 0.15) is 32.3 Å². The highest BCUT2D eigenvalue weighted by molar-refractivity contribution is 6.15. The van der Waals surface area contributed by atoms with E-state index in [9.17, 15) is 9.59 Å². The van der Waals surface area contributed by atoms with Crippen molar-refractivity contribution in [3.63, 3.8) is 0 Å². The number of ether oxygens (including phenoxy) is 1. The van der Waals surface area contributed by atoms with E-state index >= 15 is 0 Å². The summed E-state index contributed by atoms with van der Waals surface area (Å²) in [6, 6.07) is 0. The number of hydrogen-bond donors (Lipinski definition) is 2. The third kappa shape index (κ3) is 2.69. The van der Waals surface area contributed by atoms with Gasteiger partial charge in [0.1, 0.15) is 11.4 Å². The first kappa shape index (κ1) is 14.9. The molecule has 1 aromatic rings. The molecule has 1 atom stereocenters. The Balaban J connectivity index is 2.50. The predicted molar refractivity (Wildman–Crippen MR) is 73.3 cm³/mol. The smallest absolute Gasteiger partial charge is 0.449 e. The largest absolute Gasteiger partial charge is 0.511 e. The molecule has 112 valence electrons. The molecule has 2 heterocycles. The molecule has 2 rings (SSSR count). The molecule has 0 saturated carbocycles. The van der Waals surface area contributed by atoms with E-state index in [1.165, 1.54) is 6.20 Å². The number of aromatic nitrogens is 2. The Hall–Kier alpha value is -2.51. The van der Waals surface area contributed by atoms with Crippen LogP contribution < -0.4 is 10.1 Å². The van der Waals surface area contributed by atoms with E-state index in [0.717, 1.165) is 0 Å². The van der Waals surface area contributed by atoms with Crippen molar-refractivity contribution < 1.29 is 19.4 Å². The van der Waals surface area contributed by atoms with Gasteiger partial charge in [0.25, 0.3) is 5.91 Å². The number of nitrogens with one attached hydrogen (secondary N) is 1. The maximum Gasteiger partial charge on any atom is 0.511 e. The zero-order chi connectivity index (χ0) is 15.8. The van der Waals surface area contributed by atoms with Crippen molar-refractivity contribution in [3.8, 4) is 5.75 Å². The average molecular weight is 292 g/mol. The zero-order valence-corrected chi connectivity index (χ0v) is 12.2. The standard InChI is InChI=1S/C13H16N4O4/c1-6(2)13(4)11(18)16-10(17-13)9-8(21-12(19)20)5-14-7(3)15-9/h5-6H,1-4H3,(H,19,20)(H,16,17,18). The Labute approximate surface area is 121 Å². The number of aryl methyl sites for hydroxylation is 1. The molecule has 0 fully saturated rings. The number of rotatable bonds is 3. The fourth-order valence-electron chi connectivity index (χ4n) is 1.85. The lowest BCUT2D eigenvalue weighted by atomic mass is 9.89. The Morgan fingerprint density at radius 2 is 2.14 bits per heavy atom. The topological polar surface area (TPSA) is 114 Å². The molecule has 1 unspecified atom stereocenters. The highest BCUT2D eigenvalue weighted by Gasteiger charge is 2.43. The molecule has 1 aliphatic heterocycles. The zero-order valence-electron chi connectivity index (χ0n) is 12.2. The van der Waals surface area contributed by atoms with E-state index in [0.29, 0.717) is 5.82 Å². The minimum Gasteiger partial charge on any atom is -0.449 e. The Kier molecular flexibility index (Phi) is 3.63. The summed E-state index contributed by atoms with van der Waals surface area (Å²) in [5.74, 6) is 0.253. The van der Waals surface area contributed by atoms with Gasteiger partial charge in [-0.3, -0.25) is 4.79 Å². The number of amides is 1. The lowest BCUT2D eigenvalue weighted by Crippen LogP contribution is -2.41. The van der Waals surface area contributed by atoms with Gasteiger partial charge in [0, 0.05) is 0 Å². The van der Waals surface area contributed by atoms with Gasteiger partial charge in [-0.05, 0) is 19.8 Å². The van der Waals surface area contributed by atoms with E-state index in [4.69, 9.17) is 5.11 Å². The number of amidine groups is 1. The molecule has 1 amide bonds. The highest BCUT2D eigenvalue weighted by Crippen LogP contribution is 2.28. The molecule has 0 radical (unpaired) electrons. The van der Waals surface area contributed by atoms with E-state index < -0.39 is 11.7 Å². The summed E-state index contributed by atoms with van der Waals surface area (Å²) in [6.45, 7) is 7.12. The first-order valence-electron chi connectivity index (χ1n) is 6.40. The van der Waals surface area contributed by atoms with E-state index in [1.54, 1.807) is 13.8 Å². The van der Waals surface area contributed by atoms with Crippen LogP contribution in [-0.2, 0) is 4.79 Å². The fraction of sp³-hybridized carbons (Fsp3) is 0.462. The predicted octanol–water partition coefficient (Wildman–Crippen LogP) is 1.13. The molecule has 0 saturated heterocycles. The van der Waals surface area contributed by atoms with Crippen LogP contribution in [0.15, 0.2) is 11.2 Å². The Morgan fingerprint density at radius 3 is 2.67 bits per heavy atom. The van der Waals surface area contributed by atoms with Crippen molar-refractivity contribution in [2.24, 2.45) is 10.9 Å². The van der Waals surface area contributed by atoms with Crippen LogP contribution in [0.25, 0.3) is 0 Å². The van der Waals surface area contributed by atoms with E-state index in [2.05, 4.69) is 25.0 Å². The molecule has 2 N–H and O–H groups in total. The first-order valence-corrected chi connectivity index (χ1v) is 6.40. The van der Waals surface area contributed by atoms with Gasteiger partial charge in [0.05, 0.1) is 6.20 Å². The minimum atomic E-state index is -1.49. The lowest BCUT2D eigenvalue weighted by molar-refractivity contribution is -0.124. The second kappa shape index (κ2) is 5.12. The number of carbonyl (C=O) groups excluding carboxylic acids is 1. The third-order valence-electron chi connectivity index (χ3n) is 3.46. The summed E-state index contributed by atoms with van der Waals surface area (Å²) in [6.07, 6.45) is -0.244. The van der Waals surface area contributed by atoms with Gasteiger partial charge in [-0.15, -0.1) is 0 Å². The van der Waals surface area contributed by atoms with Gasteiger partial charge in [0.15, 0.2) is 17.3 Å². The summed E-state index contributed by atoms with van der Waals surface area (Å²) >= 11 is 0. The number of carbonyl (C=O) groups is 2. The minimum absolute atomic E-state index is 0.0261. The van der Waals surface area contributed by atoms with Gasteiger partial charge in [0.2, 0.25) is 0 Å². The van der Waals surface area contributed by atoms with Gasteiger partial charge in [-0.1, -0.05) is 13.8 Å². The van der Waals surface area contributed by atoms with Crippen molar-refractivity contribution in [1.82, 2.24) is 15.3 Å². The molecule has 0 aromatic carbocycles. The summed E-state index contributed by atoms with van der Waals surface area (Å²) in [5, 5.41) is 11.4. The number of hydrogen-bond acceptors (Lipinski definition) is 6. The molecular weight excluding hydrogens is 276 g/mol. The van der Waals surface area contributed by atoms with E-state index in [1.807, 2.05) is 13.8 Å². The van der Waals surface area contributed by atoms with Crippen LogP contribution >= 0.6 is 0 Å². The van der Waals surface area contributed by atoms with Gasteiger partial charge in [-0.2, -0.15) is 0 Å². The Morgan fingerprint density at radius 1 is 1.48 bits per heavy atom. The van der Waals surface area contributed by atoms with Crippen LogP contribution in [0.5, 0.6) is 5.75 Å². The molecule has 1 aliphatic rings. The molecule has 1 aromatic heterocycles. The second-order valence-corrected chi connectivity index (χ2v) is 5.21. The highest BCUT2D eigenvalue weighted by atomic mass is 16.7. The van der Waals surface area contributed by atoms with E-state index in [-0.39, 0.29) is 29.1 Å². The van der Waals surface area contributed by atoms with Crippen LogP contribution in [0.4, 0.5) is 4.79 Å². The SMILES string of the molecule is Cc1ncc(OC(=O)O)c(C2=NC(C)(C(C)C)C(=O)N2)n1. The van der Waals surface area contributed by atoms with Gasteiger partial charge < -0.3 is 15.2 Å². The average Bonchev–Trinajstić information content (AvgIpc) is 2.69. The third-order valence-corrected chi connectivity index (χ3v) is 3.46. The quantitative estimate of drug-likeness (QED) is 0.807. The number of aliphatic imine (C=N–C) groups is 1. The molecule has 8 heteroatoms. The van der Waals surface area contributed by atoms with Gasteiger partial charge in [-0.25, -0.2) is 19.8 Å². The molecule has 21 heavy (non-hydrogen) atoms. The summed E-state index contributed by atoms with van der Waals surface area (Å²) < 4.78 is 4.64. The first-order chi connectivity index (χ1) is 9.74. The van der Waals surface area contributed by atoms with Crippen molar-refractivity contribution in [3.05, 3.63) is 17.7 Å². The maximum absolute atomic E-state index is 12.1. The lowest BCUT2D eigenvalue weighted by Gasteiger charge is -2.21. The fourth-order valence-corrected chi connectivity index (χ4v) is 1.85. The summed E-state index contributed by atoms with van der Waals surface area (Å²) in [7, 11) is 0. The molecule has 0 bridgehead atoms. The molecular formula is C13H16N4O4. The van der Waals surface area contributed by atoms with Crippen molar-refractivity contribution in [2.75, 3.05) is 0 Å². The second-order valence-electron chi connectivity index (χ2n) is 5.21. The van der Waals surface area contributed by atoms with Crippen LogP contribution in [0, 0.1) is 12.8 Å². The number of carboxylic acid groups (broad SMARTS) is 1. The van der Waals surface area contributed by atoms with Crippen LogP contribution in [0.2, 0.25) is 0 Å². The van der Waals surface area contributed by atoms with Gasteiger partial charge >= 0.3 is 6.16 Å². The Bertz CT molecular complexity index is 641. The maximum atomic E-state index is 12.1. The monoisotopic (exact) mass is 292 g/mol. The van der Waals surface area contributed by atoms with Crippen molar-refractivity contribution >= 4 is 17.9 Å². The van der Waals surface area contributed by atoms with Crippen LogP contribution in [-0.4, -0.2) is 38.5 Å². The normalized spacial score (nSPS) is 21.2. The van der Waals surface area contributed by atoms with Crippen molar-refractivity contribution in [1.29, 1.82) is 0 Å². The summed E-state index contributed by atoms with van der Waals surface area (Å²) in [5.41, 5.74) is -0.767. The molecule has 0 spiro atoms. The summed E-state index contributed by atoms with van der Waals surface area (Å²) in [4.78, 5) is 35.2. The van der Waals surface area contributed by atoms with Crippen molar-refractivity contribution in [2.45, 2.75) is 33.2 Å². The molecule has 0 aliphatic carbocycles.